The standard InChI is InChI=1S/C23H33N5O4S/c1-15-19-14-20(33-22(19)28(25-15)18-6-12-32-13-7-18)21(29)24-16-2-8-26(9-3-16)17-4-10-27(11-5-17)23(30)31/h14,16-18H,2-13H2,1H3,(H,24,29)(H,30,31). The Morgan fingerprint density at radius 1 is 1.06 bits per heavy atom. The van der Waals surface area contributed by atoms with E-state index in [0.717, 1.165) is 85.6 Å². The van der Waals surface area contributed by atoms with Crippen molar-refractivity contribution in [1.82, 2.24) is 24.9 Å². The summed E-state index contributed by atoms with van der Waals surface area (Å²) in [5, 5.41) is 18.2. The number of aromatic nitrogens is 2. The number of carboxylic acid groups (broad SMARTS) is 1. The largest absolute Gasteiger partial charge is 0.465 e. The number of amides is 2. The van der Waals surface area contributed by atoms with Gasteiger partial charge in [-0.25, -0.2) is 4.79 Å². The van der Waals surface area contributed by atoms with E-state index in [1.54, 1.807) is 11.3 Å². The van der Waals surface area contributed by atoms with E-state index >= 15 is 0 Å². The lowest BCUT2D eigenvalue weighted by molar-refractivity contribution is 0.0675. The minimum atomic E-state index is -0.813. The van der Waals surface area contributed by atoms with Gasteiger partial charge in [0.15, 0.2) is 0 Å². The second-order valence-electron chi connectivity index (χ2n) is 9.49. The van der Waals surface area contributed by atoms with Crippen molar-refractivity contribution in [2.45, 2.75) is 63.6 Å². The number of hydrogen-bond donors (Lipinski definition) is 2. The van der Waals surface area contributed by atoms with Crippen LogP contribution in [0.5, 0.6) is 0 Å². The number of ether oxygens (including phenoxy) is 1. The number of thiophene rings is 1. The maximum Gasteiger partial charge on any atom is 0.407 e. The van der Waals surface area contributed by atoms with Gasteiger partial charge in [-0.15, -0.1) is 11.3 Å². The summed E-state index contributed by atoms with van der Waals surface area (Å²) in [5.74, 6) is 0.0161. The van der Waals surface area contributed by atoms with Crippen LogP contribution < -0.4 is 5.32 Å². The van der Waals surface area contributed by atoms with Gasteiger partial charge in [0.05, 0.1) is 16.6 Å². The summed E-state index contributed by atoms with van der Waals surface area (Å²) >= 11 is 1.55. The van der Waals surface area contributed by atoms with Gasteiger partial charge in [-0.05, 0) is 51.5 Å². The first-order chi connectivity index (χ1) is 16.0. The van der Waals surface area contributed by atoms with Gasteiger partial charge in [0.1, 0.15) is 4.83 Å². The highest BCUT2D eigenvalue weighted by atomic mass is 32.1. The van der Waals surface area contributed by atoms with Crippen molar-refractivity contribution in [2.24, 2.45) is 0 Å². The van der Waals surface area contributed by atoms with Gasteiger partial charge in [0.2, 0.25) is 0 Å². The lowest BCUT2D eigenvalue weighted by Gasteiger charge is -2.41. The van der Waals surface area contributed by atoms with E-state index in [1.165, 1.54) is 4.90 Å². The fourth-order valence-corrected chi connectivity index (χ4v) is 6.59. The van der Waals surface area contributed by atoms with Crippen molar-refractivity contribution in [3.8, 4) is 0 Å². The van der Waals surface area contributed by atoms with Gasteiger partial charge >= 0.3 is 6.09 Å². The Morgan fingerprint density at radius 3 is 2.42 bits per heavy atom. The van der Waals surface area contributed by atoms with Crippen LogP contribution in [0.15, 0.2) is 6.07 Å². The molecule has 0 aromatic carbocycles. The number of hydrogen-bond acceptors (Lipinski definition) is 6. The molecular formula is C23H33N5O4S. The van der Waals surface area contributed by atoms with E-state index in [2.05, 4.69) is 14.9 Å². The normalized spacial score (nSPS) is 22.2. The van der Waals surface area contributed by atoms with Gasteiger partial charge < -0.3 is 25.0 Å². The molecule has 0 bridgehead atoms. The average molecular weight is 476 g/mol. The average Bonchev–Trinajstić information content (AvgIpc) is 3.41. The molecule has 3 aliphatic rings. The molecule has 3 fully saturated rings. The number of fused-ring (bicyclic) bond motifs is 1. The number of carbonyl (C=O) groups is 2. The van der Waals surface area contributed by atoms with Crippen molar-refractivity contribution < 1.29 is 19.4 Å². The molecule has 0 spiro atoms. The maximum absolute atomic E-state index is 13.0. The summed E-state index contributed by atoms with van der Waals surface area (Å²) in [7, 11) is 0. The van der Waals surface area contributed by atoms with Crippen LogP contribution in [-0.2, 0) is 4.74 Å². The Balaban J connectivity index is 1.17. The van der Waals surface area contributed by atoms with Crippen LogP contribution in [-0.4, -0.2) is 88.2 Å². The summed E-state index contributed by atoms with van der Waals surface area (Å²) in [4.78, 5) is 30.0. The highest BCUT2D eigenvalue weighted by Gasteiger charge is 2.30. The fraction of sp³-hybridized carbons (Fsp3) is 0.696. The Labute approximate surface area is 197 Å². The molecule has 0 saturated carbocycles. The third-order valence-corrected chi connectivity index (χ3v) is 8.57. The van der Waals surface area contributed by atoms with Gasteiger partial charge in [0.25, 0.3) is 5.91 Å². The minimum Gasteiger partial charge on any atom is -0.465 e. The summed E-state index contributed by atoms with van der Waals surface area (Å²) in [5.41, 5.74) is 0.981. The Kier molecular flexibility index (Phi) is 6.58. The number of likely N-dealkylation sites (tertiary alicyclic amines) is 2. The molecule has 0 aliphatic carbocycles. The summed E-state index contributed by atoms with van der Waals surface area (Å²) < 4.78 is 7.61. The van der Waals surface area contributed by atoms with Gasteiger partial charge in [-0.1, -0.05) is 0 Å². The van der Waals surface area contributed by atoms with E-state index in [9.17, 15) is 9.59 Å². The van der Waals surface area contributed by atoms with Crippen LogP contribution in [0.2, 0.25) is 0 Å². The van der Waals surface area contributed by atoms with E-state index in [4.69, 9.17) is 14.9 Å². The second-order valence-corrected chi connectivity index (χ2v) is 10.5. The Morgan fingerprint density at radius 2 is 1.76 bits per heavy atom. The first-order valence-corrected chi connectivity index (χ1v) is 12.9. The van der Waals surface area contributed by atoms with Crippen LogP contribution >= 0.6 is 11.3 Å². The van der Waals surface area contributed by atoms with Crippen molar-refractivity contribution in [2.75, 3.05) is 39.4 Å². The summed E-state index contributed by atoms with van der Waals surface area (Å²) in [6.07, 6.45) is 4.78. The number of rotatable bonds is 4. The van der Waals surface area contributed by atoms with Gasteiger partial charge in [-0.2, -0.15) is 5.10 Å². The molecule has 9 nitrogen and oxygen atoms in total. The molecule has 2 aromatic heterocycles. The lowest BCUT2D eigenvalue weighted by atomic mass is 9.98. The van der Waals surface area contributed by atoms with E-state index in [0.29, 0.717) is 25.2 Å². The zero-order valence-corrected chi connectivity index (χ0v) is 20.0. The summed E-state index contributed by atoms with van der Waals surface area (Å²) in [6, 6.07) is 2.98. The van der Waals surface area contributed by atoms with Crippen molar-refractivity contribution in [3.05, 3.63) is 16.6 Å². The SMILES string of the molecule is Cc1nn(C2CCOCC2)c2sc(C(=O)NC3CCN(C4CCN(C(=O)O)CC4)CC3)cc12. The molecule has 0 unspecified atom stereocenters. The zero-order chi connectivity index (χ0) is 22.9. The van der Waals surface area contributed by atoms with Crippen LogP contribution in [0.4, 0.5) is 4.79 Å². The van der Waals surface area contributed by atoms with Crippen LogP contribution in [0.3, 0.4) is 0 Å². The number of nitrogens with one attached hydrogen (secondary N) is 1. The maximum atomic E-state index is 13.0. The molecule has 2 amide bonds. The first kappa shape index (κ1) is 22.6. The van der Waals surface area contributed by atoms with Gasteiger partial charge in [0, 0.05) is 56.9 Å². The summed E-state index contributed by atoms with van der Waals surface area (Å²) in [6.45, 7) is 6.69. The highest BCUT2D eigenvalue weighted by Crippen LogP contribution is 2.33. The minimum absolute atomic E-state index is 0.0161. The van der Waals surface area contributed by atoms with E-state index in [1.807, 2.05) is 13.0 Å². The van der Waals surface area contributed by atoms with E-state index < -0.39 is 6.09 Å². The molecule has 0 radical (unpaired) electrons. The molecule has 3 saturated heterocycles. The first-order valence-electron chi connectivity index (χ1n) is 12.1. The second kappa shape index (κ2) is 9.60. The van der Waals surface area contributed by atoms with E-state index in [-0.39, 0.29) is 11.9 Å². The Bertz CT molecular complexity index is 998. The monoisotopic (exact) mass is 475 g/mol. The van der Waals surface area contributed by atoms with Crippen molar-refractivity contribution in [3.63, 3.8) is 0 Å². The molecule has 0 atom stereocenters. The smallest absolute Gasteiger partial charge is 0.407 e. The van der Waals surface area contributed by atoms with Crippen LogP contribution in [0.1, 0.15) is 59.9 Å². The van der Waals surface area contributed by atoms with Crippen LogP contribution in [0.25, 0.3) is 10.2 Å². The van der Waals surface area contributed by atoms with Crippen LogP contribution in [0, 0.1) is 6.92 Å². The third kappa shape index (κ3) is 4.74. The quantitative estimate of drug-likeness (QED) is 0.705. The zero-order valence-electron chi connectivity index (χ0n) is 19.2. The molecule has 33 heavy (non-hydrogen) atoms. The molecule has 3 aliphatic heterocycles. The molecule has 5 rings (SSSR count). The number of piperidine rings is 2. The van der Waals surface area contributed by atoms with Gasteiger partial charge in [-0.3, -0.25) is 9.48 Å². The van der Waals surface area contributed by atoms with Crippen molar-refractivity contribution in [1.29, 1.82) is 0 Å². The Hall–Kier alpha value is -2.17. The molecule has 2 N–H and O–H groups in total. The topological polar surface area (TPSA) is 99.9 Å². The number of carbonyl (C=O) groups excluding carboxylic acids is 1. The molecule has 5 heterocycles. The highest BCUT2D eigenvalue weighted by molar-refractivity contribution is 7.20. The fourth-order valence-electron chi connectivity index (χ4n) is 5.45. The lowest BCUT2D eigenvalue weighted by Crippen LogP contribution is -2.51. The predicted octanol–water partition coefficient (Wildman–Crippen LogP) is 3.09. The predicted molar refractivity (Wildman–Crippen MR) is 126 cm³/mol. The molecular weight excluding hydrogens is 442 g/mol. The third-order valence-electron chi connectivity index (χ3n) is 7.44. The number of aryl methyl sites for hydroxylation is 1. The molecule has 2 aromatic rings. The molecule has 10 heteroatoms. The number of nitrogens with zero attached hydrogens (tertiary/aromatic N) is 4. The molecule has 180 valence electrons. The van der Waals surface area contributed by atoms with Crippen molar-refractivity contribution >= 4 is 33.6 Å².